The molecule has 0 amide bonds. The first kappa shape index (κ1) is 16.8. The summed E-state index contributed by atoms with van der Waals surface area (Å²) in [6, 6.07) is 8.60. The van der Waals surface area contributed by atoms with Crippen molar-refractivity contribution in [2.45, 2.75) is 44.7 Å². The molecule has 4 rings (SSSR count). The quantitative estimate of drug-likeness (QED) is 0.838. The Labute approximate surface area is 153 Å². The fraction of sp³-hybridized carbons (Fsp3) is 0.611. The van der Waals surface area contributed by atoms with Crippen LogP contribution >= 0.6 is 11.6 Å². The van der Waals surface area contributed by atoms with Crippen molar-refractivity contribution in [1.82, 2.24) is 25.1 Å². The predicted octanol–water partition coefficient (Wildman–Crippen LogP) is 3.15. The molecule has 6 nitrogen and oxygen atoms in total. The zero-order valence-corrected chi connectivity index (χ0v) is 15.3. The molecule has 1 aromatic heterocycles. The van der Waals surface area contributed by atoms with Gasteiger partial charge in [-0.2, -0.15) is 0 Å². The maximum atomic E-state index is 6.12. The Morgan fingerprint density at radius 3 is 2.60 bits per heavy atom. The van der Waals surface area contributed by atoms with Gasteiger partial charge in [-0.3, -0.25) is 4.90 Å². The number of hydrogen-bond donors (Lipinski definition) is 0. The average molecular weight is 361 g/mol. The number of nitrogens with zero attached hydrogens (tertiary/aromatic N) is 6. The fourth-order valence-electron chi connectivity index (χ4n) is 3.96. The number of benzene rings is 1. The largest absolute Gasteiger partial charge is 0.369 e. The molecule has 0 N–H and O–H groups in total. The van der Waals surface area contributed by atoms with Gasteiger partial charge in [0.25, 0.3) is 0 Å². The molecule has 2 aliphatic rings. The Kier molecular flexibility index (Phi) is 5.17. The first-order valence-electron chi connectivity index (χ1n) is 9.29. The zero-order valence-electron chi connectivity index (χ0n) is 14.5. The normalized spacial score (nSPS) is 20.1. The Bertz CT molecular complexity index is 688. The third kappa shape index (κ3) is 3.96. The molecule has 1 saturated heterocycles. The van der Waals surface area contributed by atoms with Crippen molar-refractivity contribution >= 4 is 17.3 Å². The lowest BCUT2D eigenvalue weighted by Gasteiger charge is -2.36. The lowest BCUT2D eigenvalue weighted by atomic mass is 9.95. The summed E-state index contributed by atoms with van der Waals surface area (Å²) in [6.07, 6.45) is 6.35. The molecule has 0 spiro atoms. The maximum absolute atomic E-state index is 6.12. The maximum Gasteiger partial charge on any atom is 0.165 e. The van der Waals surface area contributed by atoms with Crippen LogP contribution in [-0.2, 0) is 6.54 Å². The lowest BCUT2D eigenvalue weighted by Crippen LogP contribution is -2.46. The van der Waals surface area contributed by atoms with Crippen molar-refractivity contribution < 1.29 is 0 Å². The van der Waals surface area contributed by atoms with Gasteiger partial charge < -0.3 is 4.90 Å². The molecule has 0 radical (unpaired) electrons. The number of halogens is 1. The summed E-state index contributed by atoms with van der Waals surface area (Å²) in [5.41, 5.74) is 1.21. The fourth-order valence-corrected chi connectivity index (χ4v) is 4.15. The number of piperazine rings is 1. The second-order valence-corrected chi connectivity index (χ2v) is 7.51. The molecular weight excluding hydrogens is 336 g/mol. The van der Waals surface area contributed by atoms with Gasteiger partial charge in [0.2, 0.25) is 0 Å². The molecule has 7 heteroatoms. The number of aromatic nitrogens is 4. The van der Waals surface area contributed by atoms with Gasteiger partial charge >= 0.3 is 0 Å². The van der Waals surface area contributed by atoms with Gasteiger partial charge in [0.05, 0.1) is 12.6 Å². The van der Waals surface area contributed by atoms with Gasteiger partial charge in [0.1, 0.15) is 0 Å². The van der Waals surface area contributed by atoms with Gasteiger partial charge in [-0.05, 0) is 41.5 Å². The molecule has 0 unspecified atom stereocenters. The molecule has 1 aliphatic carbocycles. The highest BCUT2D eigenvalue weighted by molar-refractivity contribution is 6.30. The Morgan fingerprint density at radius 1 is 1.04 bits per heavy atom. The van der Waals surface area contributed by atoms with Crippen molar-refractivity contribution in [3.63, 3.8) is 0 Å². The van der Waals surface area contributed by atoms with Crippen LogP contribution in [0.1, 0.15) is 44.0 Å². The third-order valence-corrected chi connectivity index (χ3v) is 5.63. The first-order valence-corrected chi connectivity index (χ1v) is 9.67. The van der Waals surface area contributed by atoms with Crippen molar-refractivity contribution in [3.8, 4) is 0 Å². The van der Waals surface area contributed by atoms with Crippen LogP contribution in [0.3, 0.4) is 0 Å². The molecule has 0 bridgehead atoms. The van der Waals surface area contributed by atoms with E-state index in [0.717, 1.165) is 43.6 Å². The smallest absolute Gasteiger partial charge is 0.165 e. The summed E-state index contributed by atoms with van der Waals surface area (Å²) >= 11 is 6.12. The minimum atomic E-state index is 0.492. The topological polar surface area (TPSA) is 50.1 Å². The number of rotatable bonds is 4. The Morgan fingerprint density at radius 2 is 1.84 bits per heavy atom. The molecule has 1 aromatic carbocycles. The average Bonchev–Trinajstić information content (AvgIpc) is 3.11. The zero-order chi connectivity index (χ0) is 17.1. The van der Waals surface area contributed by atoms with Crippen LogP contribution in [0.5, 0.6) is 0 Å². The van der Waals surface area contributed by atoms with Crippen LogP contribution in [0.25, 0.3) is 0 Å². The van der Waals surface area contributed by atoms with E-state index >= 15 is 0 Å². The van der Waals surface area contributed by atoms with Crippen LogP contribution in [0.15, 0.2) is 24.3 Å². The summed E-state index contributed by atoms with van der Waals surface area (Å²) in [6.45, 7) is 4.89. The monoisotopic (exact) mass is 360 g/mol. The highest BCUT2D eigenvalue weighted by atomic mass is 35.5. The standard InChI is InChI=1S/C18H25ClN6/c19-15-5-4-8-17(13-15)24-11-9-23(10-12-24)14-18-20-21-22-25(18)16-6-2-1-3-7-16/h4-5,8,13,16H,1-3,6-7,9-12,14H2. The first-order chi connectivity index (χ1) is 12.3. The summed E-state index contributed by atoms with van der Waals surface area (Å²) in [5.74, 6) is 1.02. The Balaban J connectivity index is 1.35. The van der Waals surface area contributed by atoms with E-state index in [1.54, 1.807) is 0 Å². The lowest BCUT2D eigenvalue weighted by molar-refractivity contribution is 0.229. The predicted molar refractivity (Wildman–Crippen MR) is 98.9 cm³/mol. The number of hydrogen-bond acceptors (Lipinski definition) is 5. The molecular formula is C18H25ClN6. The molecule has 134 valence electrons. The van der Waals surface area contributed by atoms with Crippen molar-refractivity contribution in [1.29, 1.82) is 0 Å². The van der Waals surface area contributed by atoms with Gasteiger partial charge in [-0.1, -0.05) is 36.9 Å². The SMILES string of the molecule is Clc1cccc(N2CCN(Cc3nnnn3C3CCCCC3)CC2)c1. The number of tetrazole rings is 1. The molecule has 2 fully saturated rings. The van der Waals surface area contributed by atoms with E-state index in [2.05, 4.69) is 36.1 Å². The third-order valence-electron chi connectivity index (χ3n) is 5.39. The summed E-state index contributed by atoms with van der Waals surface area (Å²) in [7, 11) is 0. The second kappa shape index (κ2) is 7.70. The van der Waals surface area contributed by atoms with E-state index in [9.17, 15) is 0 Å². The van der Waals surface area contributed by atoms with Gasteiger partial charge in [0.15, 0.2) is 5.82 Å². The van der Waals surface area contributed by atoms with Crippen LogP contribution in [0.4, 0.5) is 5.69 Å². The highest BCUT2D eigenvalue weighted by Gasteiger charge is 2.23. The second-order valence-electron chi connectivity index (χ2n) is 7.07. The summed E-state index contributed by atoms with van der Waals surface area (Å²) in [4.78, 5) is 4.85. The van der Waals surface area contributed by atoms with E-state index in [4.69, 9.17) is 11.6 Å². The van der Waals surface area contributed by atoms with Gasteiger partial charge in [0, 0.05) is 36.9 Å². The van der Waals surface area contributed by atoms with Gasteiger partial charge in [-0.15, -0.1) is 5.10 Å². The highest BCUT2D eigenvalue weighted by Crippen LogP contribution is 2.28. The molecule has 2 heterocycles. The minimum Gasteiger partial charge on any atom is -0.369 e. The van der Waals surface area contributed by atoms with E-state index < -0.39 is 0 Å². The minimum absolute atomic E-state index is 0.492. The van der Waals surface area contributed by atoms with Crippen molar-refractivity contribution in [3.05, 3.63) is 35.1 Å². The molecule has 1 saturated carbocycles. The number of anilines is 1. The molecule has 2 aromatic rings. The van der Waals surface area contributed by atoms with E-state index in [1.165, 1.54) is 37.8 Å². The van der Waals surface area contributed by atoms with Crippen LogP contribution in [-0.4, -0.2) is 51.3 Å². The summed E-state index contributed by atoms with van der Waals surface area (Å²) in [5, 5.41) is 13.3. The van der Waals surface area contributed by atoms with Crippen LogP contribution in [0.2, 0.25) is 5.02 Å². The van der Waals surface area contributed by atoms with E-state index in [0.29, 0.717) is 6.04 Å². The summed E-state index contributed by atoms with van der Waals surface area (Å²) < 4.78 is 2.09. The van der Waals surface area contributed by atoms with E-state index in [-0.39, 0.29) is 0 Å². The van der Waals surface area contributed by atoms with Crippen molar-refractivity contribution in [2.75, 3.05) is 31.1 Å². The molecule has 1 aliphatic heterocycles. The molecule has 25 heavy (non-hydrogen) atoms. The van der Waals surface area contributed by atoms with Crippen LogP contribution in [0, 0.1) is 0 Å². The van der Waals surface area contributed by atoms with Crippen molar-refractivity contribution in [2.24, 2.45) is 0 Å². The van der Waals surface area contributed by atoms with Gasteiger partial charge in [-0.25, -0.2) is 4.68 Å². The van der Waals surface area contributed by atoms with E-state index in [1.807, 2.05) is 18.2 Å². The van der Waals surface area contributed by atoms with Crippen LogP contribution < -0.4 is 4.90 Å². The Hall–Kier alpha value is -1.66. The molecule has 0 atom stereocenters.